The highest BCUT2D eigenvalue weighted by molar-refractivity contribution is 6.31. The number of nitrogens with one attached hydrogen (secondary N) is 1. The summed E-state index contributed by atoms with van der Waals surface area (Å²) in [4.78, 5) is 12.8. The smallest absolute Gasteiger partial charge is 0.323 e. The lowest BCUT2D eigenvalue weighted by atomic mass is 10.2. The van der Waals surface area contributed by atoms with Crippen LogP contribution in [0.5, 0.6) is 17.2 Å². The molecule has 9 heteroatoms. The van der Waals surface area contributed by atoms with Gasteiger partial charge in [-0.2, -0.15) is 5.10 Å². The monoisotopic (exact) mass is 554 g/mol. The number of hydrogen-bond donors (Lipinski definition) is 1. The van der Waals surface area contributed by atoms with Gasteiger partial charge in [0.25, 0.3) is 0 Å². The molecule has 0 aliphatic rings. The van der Waals surface area contributed by atoms with Crippen molar-refractivity contribution in [2.24, 2.45) is 5.10 Å². The molecule has 0 unspecified atom stereocenters. The molecule has 0 atom stereocenters. The average Bonchev–Trinajstić information content (AvgIpc) is 2.91. The molecule has 37 heavy (non-hydrogen) atoms. The van der Waals surface area contributed by atoms with Crippen LogP contribution in [0.4, 0.5) is 0 Å². The number of amides is 1. The number of carbonyl (C=O) groups is 1. The second-order valence-corrected chi connectivity index (χ2v) is 9.00. The van der Waals surface area contributed by atoms with E-state index in [1.54, 1.807) is 48.5 Å². The Hall–Kier alpha value is -3.71. The number of hydrogen-bond acceptors (Lipinski definition) is 5. The maximum absolute atomic E-state index is 12.8. The van der Waals surface area contributed by atoms with E-state index in [1.165, 1.54) is 6.21 Å². The van der Waals surface area contributed by atoms with Crippen molar-refractivity contribution in [3.8, 4) is 17.2 Å². The van der Waals surface area contributed by atoms with Gasteiger partial charge in [-0.1, -0.05) is 46.9 Å². The molecular formula is C28H21Cl3N2O4. The molecule has 0 aromatic heterocycles. The first-order valence-electron chi connectivity index (χ1n) is 11.1. The van der Waals surface area contributed by atoms with Crippen LogP contribution in [0.1, 0.15) is 11.1 Å². The number of ether oxygens (including phenoxy) is 3. The van der Waals surface area contributed by atoms with Crippen LogP contribution in [0, 0.1) is 0 Å². The fourth-order valence-corrected chi connectivity index (χ4v) is 3.40. The predicted octanol–water partition coefficient (Wildman–Crippen LogP) is 7.16. The molecule has 0 saturated heterocycles. The summed E-state index contributed by atoms with van der Waals surface area (Å²) in [5, 5.41) is 5.78. The Labute approximate surface area is 229 Å². The predicted molar refractivity (Wildman–Crippen MR) is 146 cm³/mol. The van der Waals surface area contributed by atoms with E-state index in [0.717, 1.165) is 11.1 Å². The Kier molecular flexibility index (Phi) is 9.27. The van der Waals surface area contributed by atoms with Crippen LogP contribution >= 0.6 is 34.8 Å². The van der Waals surface area contributed by atoms with Crippen molar-refractivity contribution in [2.45, 2.75) is 12.9 Å². The van der Waals surface area contributed by atoms with Crippen molar-refractivity contribution in [3.05, 3.63) is 123 Å². The lowest BCUT2D eigenvalue weighted by molar-refractivity contribution is -0.140. The second kappa shape index (κ2) is 13.0. The van der Waals surface area contributed by atoms with Gasteiger partial charge in [-0.25, -0.2) is 5.43 Å². The van der Waals surface area contributed by atoms with E-state index >= 15 is 0 Å². The highest BCUT2D eigenvalue weighted by Gasteiger charge is 2.22. The first-order valence-corrected chi connectivity index (χ1v) is 12.2. The molecule has 0 aliphatic heterocycles. The van der Waals surface area contributed by atoms with E-state index in [1.807, 2.05) is 48.5 Å². The Morgan fingerprint density at radius 1 is 0.703 bits per heavy atom. The van der Waals surface area contributed by atoms with Crippen molar-refractivity contribution in [2.75, 3.05) is 0 Å². The van der Waals surface area contributed by atoms with Crippen LogP contribution in [0.3, 0.4) is 0 Å². The molecular weight excluding hydrogens is 535 g/mol. The topological polar surface area (TPSA) is 69.2 Å². The Morgan fingerprint density at radius 2 is 1.16 bits per heavy atom. The van der Waals surface area contributed by atoms with E-state index in [0.29, 0.717) is 38.9 Å². The Bertz CT molecular complexity index is 1280. The molecule has 4 aromatic rings. The fourth-order valence-electron chi connectivity index (χ4n) is 3.03. The van der Waals surface area contributed by atoms with Gasteiger partial charge in [0.15, 0.2) is 0 Å². The van der Waals surface area contributed by atoms with Crippen LogP contribution in [-0.2, 0) is 11.4 Å². The van der Waals surface area contributed by atoms with Crippen LogP contribution in [-0.4, -0.2) is 18.4 Å². The van der Waals surface area contributed by atoms with E-state index in [4.69, 9.17) is 49.0 Å². The van der Waals surface area contributed by atoms with Crippen LogP contribution in [0.2, 0.25) is 15.1 Å². The van der Waals surface area contributed by atoms with E-state index in [-0.39, 0.29) is 0 Å². The van der Waals surface area contributed by atoms with Crippen LogP contribution < -0.4 is 19.6 Å². The van der Waals surface area contributed by atoms with Gasteiger partial charge in [-0.15, -0.1) is 0 Å². The zero-order chi connectivity index (χ0) is 26.0. The van der Waals surface area contributed by atoms with E-state index < -0.39 is 12.2 Å². The summed E-state index contributed by atoms with van der Waals surface area (Å²) in [6.45, 7) is 0.420. The summed E-state index contributed by atoms with van der Waals surface area (Å²) in [5.41, 5.74) is 4.21. The molecule has 6 nitrogen and oxygen atoms in total. The summed E-state index contributed by atoms with van der Waals surface area (Å²) in [6.07, 6.45) is 0.186. The molecule has 4 rings (SSSR count). The molecule has 0 heterocycles. The third-order valence-electron chi connectivity index (χ3n) is 4.91. The van der Waals surface area contributed by atoms with E-state index in [2.05, 4.69) is 10.5 Å². The second-order valence-electron chi connectivity index (χ2n) is 7.69. The summed E-state index contributed by atoms with van der Waals surface area (Å²) >= 11 is 17.8. The molecule has 1 N–H and O–H groups in total. The Balaban J connectivity index is 1.35. The third kappa shape index (κ3) is 8.43. The Morgan fingerprint density at radius 3 is 1.68 bits per heavy atom. The lowest BCUT2D eigenvalue weighted by Crippen LogP contribution is -2.40. The normalized spacial score (nSPS) is 10.9. The highest BCUT2D eigenvalue weighted by Crippen LogP contribution is 2.21. The largest absolute Gasteiger partial charge is 0.489 e. The molecule has 0 fully saturated rings. The molecule has 188 valence electrons. The first kappa shape index (κ1) is 26.4. The van der Waals surface area contributed by atoms with Crippen LogP contribution in [0.15, 0.2) is 102 Å². The average molecular weight is 556 g/mol. The molecule has 0 spiro atoms. The minimum Gasteiger partial charge on any atom is -0.489 e. The van der Waals surface area contributed by atoms with Crippen molar-refractivity contribution < 1.29 is 19.0 Å². The molecule has 0 saturated carbocycles. The highest BCUT2D eigenvalue weighted by atomic mass is 35.5. The number of rotatable bonds is 10. The summed E-state index contributed by atoms with van der Waals surface area (Å²) < 4.78 is 17.2. The van der Waals surface area contributed by atoms with Crippen LogP contribution in [0.25, 0.3) is 0 Å². The van der Waals surface area contributed by atoms with Gasteiger partial charge in [0.2, 0.25) is 0 Å². The zero-order valence-corrected chi connectivity index (χ0v) is 21.6. The maximum atomic E-state index is 12.8. The first-order chi connectivity index (χ1) is 17.9. The summed E-state index contributed by atoms with van der Waals surface area (Å²) in [7, 11) is 0. The van der Waals surface area contributed by atoms with E-state index in [9.17, 15) is 4.79 Å². The molecule has 4 aromatic carbocycles. The van der Waals surface area contributed by atoms with Gasteiger partial charge in [0, 0.05) is 15.1 Å². The van der Waals surface area contributed by atoms with Gasteiger partial charge in [-0.05, 0) is 96.1 Å². The zero-order valence-electron chi connectivity index (χ0n) is 19.3. The molecule has 1 amide bonds. The number of hydrazone groups is 1. The minimum absolute atomic E-state index is 0.400. The van der Waals surface area contributed by atoms with Gasteiger partial charge in [0.05, 0.1) is 6.21 Å². The van der Waals surface area contributed by atoms with Gasteiger partial charge >= 0.3 is 12.2 Å². The molecule has 0 bridgehead atoms. The maximum Gasteiger partial charge on any atom is 0.323 e. The van der Waals surface area contributed by atoms with Gasteiger partial charge in [-0.3, -0.25) is 4.79 Å². The summed E-state index contributed by atoms with van der Waals surface area (Å²) in [6, 6.07) is 27.8. The van der Waals surface area contributed by atoms with Gasteiger partial charge in [0.1, 0.15) is 23.9 Å². The summed E-state index contributed by atoms with van der Waals surface area (Å²) in [5.74, 6) is 0.890. The number of halogens is 3. The lowest BCUT2D eigenvalue weighted by Gasteiger charge is -2.19. The third-order valence-corrected chi connectivity index (χ3v) is 5.67. The molecule has 0 radical (unpaired) electrons. The number of benzene rings is 4. The van der Waals surface area contributed by atoms with Crippen molar-refractivity contribution in [1.29, 1.82) is 0 Å². The quantitative estimate of drug-likeness (QED) is 0.128. The van der Waals surface area contributed by atoms with Gasteiger partial charge < -0.3 is 14.2 Å². The SMILES string of the molecule is O=C(NN=Cc1ccc(OCc2ccc(Cl)cc2)cc1)C(Oc1ccc(Cl)cc1)Oc1ccc(Cl)cc1. The number of nitrogens with zero attached hydrogens (tertiary/aromatic N) is 1. The van der Waals surface area contributed by atoms with Crippen molar-refractivity contribution in [3.63, 3.8) is 0 Å². The standard InChI is InChI=1S/C28H21Cl3N2O4/c29-21-5-1-20(2-6-21)18-35-24-11-3-19(4-12-24)17-32-33-27(34)28(36-25-13-7-22(30)8-14-25)37-26-15-9-23(31)10-16-26/h1-17,28H,18H2,(H,33,34). The molecule has 0 aliphatic carbocycles. The van der Waals surface area contributed by atoms with Crippen molar-refractivity contribution >= 4 is 46.9 Å². The van der Waals surface area contributed by atoms with Crippen molar-refractivity contribution in [1.82, 2.24) is 5.43 Å². The fraction of sp³-hybridized carbons (Fsp3) is 0.0714. The number of carbonyl (C=O) groups excluding carboxylic acids is 1. The minimum atomic E-state index is -1.32.